The molecular formula is C23H26N2. The summed E-state index contributed by atoms with van der Waals surface area (Å²) >= 11 is 0. The number of benzene rings is 3. The van der Waals surface area contributed by atoms with E-state index in [1.807, 2.05) is 0 Å². The van der Waals surface area contributed by atoms with Gasteiger partial charge in [0.25, 0.3) is 0 Å². The molecule has 0 aliphatic rings. The molecule has 2 N–H and O–H groups in total. The highest BCUT2D eigenvalue weighted by Crippen LogP contribution is 2.27. The molecule has 2 heteroatoms. The Morgan fingerprint density at radius 1 is 0.840 bits per heavy atom. The van der Waals surface area contributed by atoms with Crippen LogP contribution in [0.4, 0.5) is 17.1 Å². The van der Waals surface area contributed by atoms with Crippen molar-refractivity contribution in [3.8, 4) is 0 Å². The summed E-state index contributed by atoms with van der Waals surface area (Å²) in [5.41, 5.74) is 7.33. The van der Waals surface area contributed by atoms with E-state index in [1.165, 1.54) is 22.4 Å². The number of hydrogen-bond donors (Lipinski definition) is 2. The van der Waals surface area contributed by atoms with Crippen LogP contribution in [-0.4, -0.2) is 0 Å². The van der Waals surface area contributed by atoms with E-state index >= 15 is 0 Å². The molecular weight excluding hydrogens is 304 g/mol. The molecule has 0 spiro atoms. The summed E-state index contributed by atoms with van der Waals surface area (Å²) < 4.78 is 0. The first-order valence-electron chi connectivity index (χ1n) is 8.94. The van der Waals surface area contributed by atoms with E-state index in [2.05, 4.69) is 104 Å². The van der Waals surface area contributed by atoms with Crippen molar-refractivity contribution in [2.75, 3.05) is 10.6 Å². The first-order valence-corrected chi connectivity index (χ1v) is 8.94. The fourth-order valence-electron chi connectivity index (χ4n) is 2.97. The molecule has 0 saturated heterocycles. The van der Waals surface area contributed by atoms with Crippen LogP contribution >= 0.6 is 0 Å². The molecule has 0 heterocycles. The van der Waals surface area contributed by atoms with Crippen molar-refractivity contribution >= 4 is 17.1 Å². The lowest BCUT2D eigenvalue weighted by Gasteiger charge is -2.18. The van der Waals surface area contributed by atoms with E-state index in [0.717, 1.165) is 17.8 Å². The maximum atomic E-state index is 3.60. The minimum absolute atomic E-state index is 0.279. The Morgan fingerprint density at radius 2 is 1.52 bits per heavy atom. The van der Waals surface area contributed by atoms with E-state index in [1.54, 1.807) is 0 Å². The van der Waals surface area contributed by atoms with Crippen LogP contribution < -0.4 is 10.6 Å². The summed E-state index contributed by atoms with van der Waals surface area (Å²) in [4.78, 5) is 0. The van der Waals surface area contributed by atoms with Crippen molar-refractivity contribution in [3.05, 3.63) is 89.5 Å². The third-order valence-corrected chi connectivity index (χ3v) is 4.50. The molecule has 0 fully saturated rings. The summed E-state index contributed by atoms with van der Waals surface area (Å²) in [6, 6.07) is 25.9. The minimum Gasteiger partial charge on any atom is -0.379 e. The Morgan fingerprint density at radius 3 is 2.20 bits per heavy atom. The molecule has 2 nitrogen and oxygen atoms in total. The van der Waals surface area contributed by atoms with Crippen molar-refractivity contribution in [1.29, 1.82) is 0 Å². The summed E-state index contributed by atoms with van der Waals surface area (Å²) in [6.45, 7) is 6.50. The first-order chi connectivity index (χ1) is 12.2. The number of hydrogen-bond acceptors (Lipinski definition) is 2. The molecule has 1 atom stereocenters. The van der Waals surface area contributed by atoms with Crippen LogP contribution in [0.3, 0.4) is 0 Å². The van der Waals surface area contributed by atoms with Crippen LogP contribution in [0.1, 0.15) is 36.6 Å². The van der Waals surface area contributed by atoms with Crippen LogP contribution in [-0.2, 0) is 6.42 Å². The maximum absolute atomic E-state index is 3.60. The predicted octanol–water partition coefficient (Wildman–Crippen LogP) is 6.47. The topological polar surface area (TPSA) is 24.1 Å². The van der Waals surface area contributed by atoms with Crippen molar-refractivity contribution in [2.45, 2.75) is 33.2 Å². The molecule has 0 radical (unpaired) electrons. The summed E-state index contributed by atoms with van der Waals surface area (Å²) in [7, 11) is 0. The second kappa shape index (κ2) is 7.89. The Balaban J connectivity index is 1.76. The Bertz CT molecular complexity index is 807. The molecule has 0 aliphatic heterocycles. The summed E-state index contributed by atoms with van der Waals surface area (Å²) in [5, 5.41) is 7.14. The Hall–Kier alpha value is -2.74. The van der Waals surface area contributed by atoms with Crippen LogP contribution in [0.5, 0.6) is 0 Å². The lowest BCUT2D eigenvalue weighted by molar-refractivity contribution is 0.884. The highest BCUT2D eigenvalue weighted by molar-refractivity contribution is 5.67. The SMILES string of the molecule is CCc1cc(NC(C)c2ccccc2)ccc1Nc1ccc(C)cc1. The van der Waals surface area contributed by atoms with Gasteiger partial charge in [0, 0.05) is 23.1 Å². The number of nitrogens with one attached hydrogen (secondary N) is 2. The third kappa shape index (κ3) is 4.42. The lowest BCUT2D eigenvalue weighted by atomic mass is 10.1. The second-order valence-corrected chi connectivity index (χ2v) is 6.49. The molecule has 0 aliphatic carbocycles. The fourth-order valence-corrected chi connectivity index (χ4v) is 2.97. The largest absolute Gasteiger partial charge is 0.379 e. The molecule has 25 heavy (non-hydrogen) atoms. The first kappa shape index (κ1) is 17.1. The van der Waals surface area contributed by atoms with Gasteiger partial charge in [-0.05, 0) is 61.7 Å². The van der Waals surface area contributed by atoms with E-state index in [-0.39, 0.29) is 6.04 Å². The molecule has 0 saturated carbocycles. The van der Waals surface area contributed by atoms with Gasteiger partial charge < -0.3 is 10.6 Å². The monoisotopic (exact) mass is 330 g/mol. The molecule has 3 aromatic rings. The van der Waals surface area contributed by atoms with Crippen molar-refractivity contribution < 1.29 is 0 Å². The number of rotatable bonds is 6. The molecule has 3 aromatic carbocycles. The standard InChI is InChI=1S/C23H26N2/c1-4-19-16-22(24-18(3)20-8-6-5-7-9-20)14-15-23(19)25-21-12-10-17(2)11-13-21/h5-16,18,24-25H,4H2,1-3H3. The van der Waals surface area contributed by atoms with Gasteiger partial charge in [-0.2, -0.15) is 0 Å². The average molecular weight is 330 g/mol. The zero-order valence-electron chi connectivity index (χ0n) is 15.2. The Labute approximate surface area is 150 Å². The van der Waals surface area contributed by atoms with Gasteiger partial charge in [-0.3, -0.25) is 0 Å². The van der Waals surface area contributed by atoms with Gasteiger partial charge in [0.15, 0.2) is 0 Å². The molecule has 1 unspecified atom stereocenters. The maximum Gasteiger partial charge on any atom is 0.0485 e. The van der Waals surface area contributed by atoms with Crippen molar-refractivity contribution in [3.63, 3.8) is 0 Å². The smallest absolute Gasteiger partial charge is 0.0485 e. The van der Waals surface area contributed by atoms with Gasteiger partial charge >= 0.3 is 0 Å². The third-order valence-electron chi connectivity index (χ3n) is 4.50. The van der Waals surface area contributed by atoms with Crippen LogP contribution in [0, 0.1) is 6.92 Å². The van der Waals surface area contributed by atoms with Crippen molar-refractivity contribution in [1.82, 2.24) is 0 Å². The van der Waals surface area contributed by atoms with Crippen LogP contribution in [0.15, 0.2) is 72.8 Å². The summed E-state index contributed by atoms with van der Waals surface area (Å²) in [6.07, 6.45) is 0.990. The highest BCUT2D eigenvalue weighted by atomic mass is 14.9. The van der Waals surface area contributed by atoms with Gasteiger partial charge in [-0.25, -0.2) is 0 Å². The van der Waals surface area contributed by atoms with Gasteiger partial charge in [-0.1, -0.05) is 55.0 Å². The molecule has 3 rings (SSSR count). The quantitative estimate of drug-likeness (QED) is 0.541. The molecule has 0 bridgehead atoms. The zero-order valence-corrected chi connectivity index (χ0v) is 15.2. The fraction of sp³-hybridized carbons (Fsp3) is 0.217. The van der Waals surface area contributed by atoms with E-state index < -0.39 is 0 Å². The van der Waals surface area contributed by atoms with E-state index in [0.29, 0.717) is 0 Å². The minimum atomic E-state index is 0.279. The van der Waals surface area contributed by atoms with Gasteiger partial charge in [0.2, 0.25) is 0 Å². The highest BCUT2D eigenvalue weighted by Gasteiger charge is 2.07. The van der Waals surface area contributed by atoms with E-state index in [9.17, 15) is 0 Å². The van der Waals surface area contributed by atoms with Crippen LogP contribution in [0.2, 0.25) is 0 Å². The van der Waals surface area contributed by atoms with Gasteiger partial charge in [0.05, 0.1) is 0 Å². The van der Waals surface area contributed by atoms with E-state index in [4.69, 9.17) is 0 Å². The normalized spacial score (nSPS) is 11.8. The Kier molecular flexibility index (Phi) is 5.39. The zero-order chi connectivity index (χ0) is 17.6. The van der Waals surface area contributed by atoms with Gasteiger partial charge in [-0.15, -0.1) is 0 Å². The number of aryl methyl sites for hydroxylation is 2. The summed E-state index contributed by atoms with van der Waals surface area (Å²) in [5.74, 6) is 0. The molecule has 0 aromatic heterocycles. The second-order valence-electron chi connectivity index (χ2n) is 6.49. The van der Waals surface area contributed by atoms with Crippen molar-refractivity contribution in [2.24, 2.45) is 0 Å². The molecule has 0 amide bonds. The van der Waals surface area contributed by atoms with Crippen LogP contribution in [0.25, 0.3) is 0 Å². The molecule has 128 valence electrons. The number of anilines is 3. The average Bonchev–Trinajstić information content (AvgIpc) is 2.65. The lowest BCUT2D eigenvalue weighted by Crippen LogP contribution is -2.07. The van der Waals surface area contributed by atoms with Gasteiger partial charge in [0.1, 0.15) is 0 Å². The predicted molar refractivity (Wildman–Crippen MR) is 109 cm³/mol.